The molecular weight excluding hydrogens is 292 g/mol. The van der Waals surface area contributed by atoms with Crippen LogP contribution in [-0.2, 0) is 4.79 Å². The Hall–Kier alpha value is -1.78. The first kappa shape index (κ1) is 19.3. The smallest absolute Gasteiger partial charge is 0.257 e. The Balaban J connectivity index is 2.53. The van der Waals surface area contributed by atoms with Crippen molar-refractivity contribution < 1.29 is 14.0 Å². The number of furan rings is 1. The number of hydrogen-bond donors (Lipinski definition) is 1. The fraction of sp³-hybridized carbons (Fsp3) is 0.667. The third-order valence-electron chi connectivity index (χ3n) is 3.97. The van der Waals surface area contributed by atoms with E-state index in [1.807, 2.05) is 13.8 Å². The monoisotopic (exact) mass is 322 g/mol. The fourth-order valence-electron chi connectivity index (χ4n) is 2.30. The van der Waals surface area contributed by atoms with Crippen LogP contribution >= 0.6 is 0 Å². The van der Waals surface area contributed by atoms with E-state index in [4.69, 9.17) is 4.42 Å². The highest BCUT2D eigenvalue weighted by atomic mass is 16.3. The summed E-state index contributed by atoms with van der Waals surface area (Å²) < 4.78 is 4.99. The number of unbranched alkanes of at least 4 members (excludes halogenated alkanes) is 3. The lowest BCUT2D eigenvalue weighted by Gasteiger charge is -2.22. The van der Waals surface area contributed by atoms with E-state index < -0.39 is 0 Å². The molecular formula is C18H30N2O3. The van der Waals surface area contributed by atoms with Gasteiger partial charge in [0.15, 0.2) is 0 Å². The predicted octanol–water partition coefficient (Wildman–Crippen LogP) is 3.61. The Morgan fingerprint density at radius 2 is 2.00 bits per heavy atom. The minimum Gasteiger partial charge on any atom is -0.472 e. The van der Waals surface area contributed by atoms with Crippen LogP contribution in [0.4, 0.5) is 0 Å². The van der Waals surface area contributed by atoms with Crippen LogP contribution in [0.1, 0.15) is 69.7 Å². The number of amides is 2. The number of hydrogen-bond acceptors (Lipinski definition) is 3. The maximum Gasteiger partial charge on any atom is 0.257 e. The van der Waals surface area contributed by atoms with Gasteiger partial charge in [0.1, 0.15) is 6.26 Å². The molecule has 0 aliphatic rings. The average molecular weight is 322 g/mol. The minimum atomic E-state index is -0.0633. The zero-order valence-electron chi connectivity index (χ0n) is 14.6. The lowest BCUT2D eigenvalue weighted by atomic mass is 10.2. The Bertz CT molecular complexity index is 457. The lowest BCUT2D eigenvalue weighted by molar-refractivity contribution is -0.121. The van der Waals surface area contributed by atoms with Crippen LogP contribution in [0.25, 0.3) is 0 Å². The summed E-state index contributed by atoms with van der Waals surface area (Å²) in [5.74, 6) is -0.0653. The number of rotatable bonds is 11. The maximum atomic E-state index is 12.5. The van der Waals surface area contributed by atoms with Gasteiger partial charge in [-0.15, -0.1) is 0 Å². The summed E-state index contributed by atoms with van der Waals surface area (Å²) in [6.07, 6.45) is 8.59. The van der Waals surface area contributed by atoms with E-state index in [9.17, 15) is 9.59 Å². The van der Waals surface area contributed by atoms with Crippen LogP contribution < -0.4 is 5.32 Å². The summed E-state index contributed by atoms with van der Waals surface area (Å²) >= 11 is 0. The van der Waals surface area contributed by atoms with Crippen LogP contribution in [0, 0.1) is 0 Å². The van der Waals surface area contributed by atoms with Crippen LogP contribution in [-0.4, -0.2) is 35.8 Å². The third-order valence-corrected chi connectivity index (χ3v) is 3.97. The van der Waals surface area contributed by atoms with E-state index in [1.54, 1.807) is 11.0 Å². The van der Waals surface area contributed by atoms with E-state index in [1.165, 1.54) is 18.9 Å². The zero-order chi connectivity index (χ0) is 17.1. The van der Waals surface area contributed by atoms with Crippen molar-refractivity contribution in [3.63, 3.8) is 0 Å². The Morgan fingerprint density at radius 1 is 1.22 bits per heavy atom. The molecule has 1 N–H and O–H groups in total. The molecule has 0 saturated carbocycles. The van der Waals surface area contributed by atoms with Crippen molar-refractivity contribution in [3.8, 4) is 0 Å². The summed E-state index contributed by atoms with van der Waals surface area (Å²) in [4.78, 5) is 26.2. The van der Waals surface area contributed by atoms with Gasteiger partial charge in [-0.05, 0) is 25.8 Å². The van der Waals surface area contributed by atoms with Gasteiger partial charge in [0.05, 0.1) is 11.8 Å². The second kappa shape index (κ2) is 10.9. The molecule has 1 rings (SSSR count). The Labute approximate surface area is 139 Å². The topological polar surface area (TPSA) is 62.6 Å². The largest absolute Gasteiger partial charge is 0.472 e. The third kappa shape index (κ3) is 7.35. The Morgan fingerprint density at radius 3 is 2.61 bits per heavy atom. The van der Waals surface area contributed by atoms with Gasteiger partial charge in [0, 0.05) is 25.6 Å². The van der Waals surface area contributed by atoms with Crippen LogP contribution in [0.3, 0.4) is 0 Å². The van der Waals surface area contributed by atoms with Gasteiger partial charge in [-0.3, -0.25) is 9.59 Å². The standard InChI is InChI=1S/C18H30N2O3/c1-4-6-7-8-11-20(18(22)16-10-13-23-14-16)12-9-17(21)19-15(3)5-2/h10,13-15H,4-9,11-12H2,1-3H3,(H,19,21). The molecule has 5 heteroatoms. The summed E-state index contributed by atoms with van der Waals surface area (Å²) in [6, 6.07) is 1.84. The molecule has 1 heterocycles. The van der Waals surface area contributed by atoms with E-state index >= 15 is 0 Å². The number of nitrogens with one attached hydrogen (secondary N) is 1. The highest BCUT2D eigenvalue weighted by molar-refractivity contribution is 5.94. The molecule has 0 aliphatic heterocycles. The molecule has 0 aromatic carbocycles. The molecule has 1 unspecified atom stereocenters. The van der Waals surface area contributed by atoms with E-state index in [2.05, 4.69) is 12.2 Å². The lowest BCUT2D eigenvalue weighted by Crippen LogP contribution is -2.38. The van der Waals surface area contributed by atoms with Crippen molar-refractivity contribution in [3.05, 3.63) is 24.2 Å². The molecule has 0 spiro atoms. The van der Waals surface area contributed by atoms with Gasteiger partial charge in [-0.25, -0.2) is 0 Å². The van der Waals surface area contributed by atoms with Gasteiger partial charge in [-0.1, -0.05) is 33.1 Å². The SMILES string of the molecule is CCCCCCN(CCC(=O)NC(C)CC)C(=O)c1ccoc1. The molecule has 1 atom stereocenters. The summed E-state index contributed by atoms with van der Waals surface area (Å²) in [5.41, 5.74) is 0.544. The summed E-state index contributed by atoms with van der Waals surface area (Å²) in [5, 5.41) is 2.94. The number of nitrogens with zero attached hydrogens (tertiary/aromatic N) is 1. The quantitative estimate of drug-likeness (QED) is 0.633. The van der Waals surface area contributed by atoms with E-state index in [-0.39, 0.29) is 17.9 Å². The minimum absolute atomic E-state index is 0.00194. The second-order valence-electron chi connectivity index (χ2n) is 5.99. The molecule has 0 fully saturated rings. The van der Waals surface area contributed by atoms with Crippen molar-refractivity contribution in [1.82, 2.24) is 10.2 Å². The van der Waals surface area contributed by atoms with Gasteiger partial charge >= 0.3 is 0 Å². The molecule has 0 bridgehead atoms. The van der Waals surface area contributed by atoms with Crippen molar-refractivity contribution in [1.29, 1.82) is 0 Å². The van der Waals surface area contributed by atoms with Gasteiger partial charge in [0.25, 0.3) is 5.91 Å². The fourth-order valence-corrected chi connectivity index (χ4v) is 2.30. The first-order valence-corrected chi connectivity index (χ1v) is 8.69. The molecule has 1 aromatic heterocycles. The van der Waals surface area contributed by atoms with Crippen molar-refractivity contribution >= 4 is 11.8 Å². The van der Waals surface area contributed by atoms with Crippen molar-refractivity contribution in [2.45, 2.75) is 65.3 Å². The van der Waals surface area contributed by atoms with Crippen molar-refractivity contribution in [2.75, 3.05) is 13.1 Å². The number of carbonyl (C=O) groups is 2. The normalized spacial score (nSPS) is 12.0. The average Bonchev–Trinajstić information content (AvgIpc) is 3.07. The van der Waals surface area contributed by atoms with E-state index in [0.717, 1.165) is 25.7 Å². The van der Waals surface area contributed by atoms with Crippen LogP contribution in [0.2, 0.25) is 0 Å². The molecule has 0 radical (unpaired) electrons. The predicted molar refractivity (Wildman–Crippen MR) is 91.3 cm³/mol. The second-order valence-corrected chi connectivity index (χ2v) is 5.99. The molecule has 0 saturated heterocycles. The van der Waals surface area contributed by atoms with Gasteiger partial charge < -0.3 is 14.6 Å². The van der Waals surface area contributed by atoms with Gasteiger partial charge in [0.2, 0.25) is 5.91 Å². The van der Waals surface area contributed by atoms with Gasteiger partial charge in [-0.2, -0.15) is 0 Å². The molecule has 23 heavy (non-hydrogen) atoms. The maximum absolute atomic E-state index is 12.5. The highest BCUT2D eigenvalue weighted by Gasteiger charge is 2.18. The molecule has 2 amide bonds. The van der Waals surface area contributed by atoms with Crippen LogP contribution in [0.15, 0.2) is 23.0 Å². The van der Waals surface area contributed by atoms with E-state index in [0.29, 0.717) is 25.1 Å². The Kier molecular flexibility index (Phi) is 9.10. The molecule has 130 valence electrons. The first-order valence-electron chi connectivity index (χ1n) is 8.69. The number of carbonyl (C=O) groups excluding carboxylic acids is 2. The molecule has 1 aromatic rings. The molecule has 5 nitrogen and oxygen atoms in total. The highest BCUT2D eigenvalue weighted by Crippen LogP contribution is 2.09. The molecule has 0 aliphatic carbocycles. The zero-order valence-corrected chi connectivity index (χ0v) is 14.6. The summed E-state index contributed by atoms with van der Waals surface area (Å²) in [7, 11) is 0. The van der Waals surface area contributed by atoms with Crippen LogP contribution in [0.5, 0.6) is 0 Å². The first-order chi connectivity index (χ1) is 11.1. The van der Waals surface area contributed by atoms with Crippen molar-refractivity contribution in [2.24, 2.45) is 0 Å². The summed E-state index contributed by atoms with van der Waals surface area (Å²) in [6.45, 7) is 7.30.